The summed E-state index contributed by atoms with van der Waals surface area (Å²) in [7, 11) is 0. The summed E-state index contributed by atoms with van der Waals surface area (Å²) in [4.78, 5) is 2.40. The number of rotatable bonds is 5. The van der Waals surface area contributed by atoms with Crippen LogP contribution in [-0.2, 0) is 0 Å². The van der Waals surface area contributed by atoms with Crippen molar-refractivity contribution in [3.8, 4) is 16.9 Å². The van der Waals surface area contributed by atoms with Crippen LogP contribution in [0.4, 0.5) is 17.1 Å². The number of allylic oxidation sites excluding steroid dienone is 1. The molecule has 0 radical (unpaired) electrons. The standard InChI is InChI=1S/C53H35NO2S2/c1-32-15-25-44(34-9-3-2-4-10-34)55-46-27-28-47-53(52(32)46)43-29-35(18-26-45(43)56-47)33-16-19-36(20-17-33)54(37-21-23-41-39-11-5-7-13-48(39)57-50(41)30-37)38-22-24-42-40-12-6-8-14-49(40)58-51(42)31-38/h2-14,16-32H,15H2,1H3. The molecule has 1 unspecified atom stereocenters. The minimum absolute atomic E-state index is 0.258. The van der Waals surface area contributed by atoms with E-state index in [4.69, 9.17) is 9.15 Å². The molecular weight excluding hydrogens is 747 g/mol. The average Bonchev–Trinajstić information content (AvgIpc) is 3.92. The summed E-state index contributed by atoms with van der Waals surface area (Å²) < 4.78 is 18.3. The van der Waals surface area contributed by atoms with Gasteiger partial charge in [-0.05, 0) is 102 Å². The van der Waals surface area contributed by atoms with Gasteiger partial charge in [0.25, 0.3) is 0 Å². The Kier molecular flexibility index (Phi) is 7.62. The molecule has 0 saturated heterocycles. The van der Waals surface area contributed by atoms with Crippen LogP contribution in [0.2, 0.25) is 0 Å². The highest BCUT2D eigenvalue weighted by Crippen LogP contribution is 2.46. The van der Waals surface area contributed by atoms with Gasteiger partial charge in [0.05, 0.1) is 0 Å². The van der Waals surface area contributed by atoms with Crippen molar-refractivity contribution in [3.63, 3.8) is 0 Å². The first-order valence-electron chi connectivity index (χ1n) is 19.8. The van der Waals surface area contributed by atoms with Crippen molar-refractivity contribution >= 4 is 108 Å². The molecule has 0 amide bonds. The van der Waals surface area contributed by atoms with Crippen LogP contribution in [-0.4, -0.2) is 0 Å². The minimum atomic E-state index is 0.258. The quantitative estimate of drug-likeness (QED) is 0.174. The summed E-state index contributed by atoms with van der Waals surface area (Å²) >= 11 is 3.71. The maximum atomic E-state index is 6.66. The van der Waals surface area contributed by atoms with E-state index in [0.29, 0.717) is 0 Å². The van der Waals surface area contributed by atoms with E-state index in [-0.39, 0.29) is 5.92 Å². The van der Waals surface area contributed by atoms with Crippen LogP contribution in [0.15, 0.2) is 180 Å². The van der Waals surface area contributed by atoms with E-state index in [2.05, 4.69) is 182 Å². The van der Waals surface area contributed by atoms with Gasteiger partial charge >= 0.3 is 0 Å². The molecule has 3 aromatic heterocycles. The van der Waals surface area contributed by atoms with Gasteiger partial charge in [0.1, 0.15) is 22.7 Å². The Morgan fingerprint density at radius 1 is 0.483 bits per heavy atom. The molecular formula is C53H35NO2S2. The summed E-state index contributed by atoms with van der Waals surface area (Å²) in [5, 5.41) is 7.47. The van der Waals surface area contributed by atoms with E-state index in [9.17, 15) is 0 Å². The number of ether oxygens (including phenoxy) is 1. The Balaban J connectivity index is 0.957. The summed E-state index contributed by atoms with van der Waals surface area (Å²) in [6, 6.07) is 61.4. The predicted octanol–water partition coefficient (Wildman–Crippen LogP) is 16.4. The fraction of sp³-hybridized carbons (Fsp3) is 0.0566. The maximum absolute atomic E-state index is 6.66. The Morgan fingerprint density at radius 3 is 1.76 bits per heavy atom. The van der Waals surface area contributed by atoms with Crippen molar-refractivity contribution in [2.24, 2.45) is 0 Å². The van der Waals surface area contributed by atoms with Crippen molar-refractivity contribution in [2.45, 2.75) is 19.3 Å². The van der Waals surface area contributed by atoms with Gasteiger partial charge in [0, 0.05) is 79.3 Å². The lowest BCUT2D eigenvalue weighted by atomic mass is 9.92. The second-order valence-corrected chi connectivity index (χ2v) is 17.4. The predicted molar refractivity (Wildman–Crippen MR) is 248 cm³/mol. The van der Waals surface area contributed by atoms with E-state index in [1.165, 1.54) is 45.9 Å². The van der Waals surface area contributed by atoms with Crippen molar-refractivity contribution < 1.29 is 9.15 Å². The first-order valence-corrected chi connectivity index (χ1v) is 21.4. The number of fused-ring (bicyclic) bond motifs is 11. The van der Waals surface area contributed by atoms with Gasteiger partial charge in [0.15, 0.2) is 0 Å². The molecule has 0 bridgehead atoms. The van der Waals surface area contributed by atoms with Crippen molar-refractivity contribution in [2.75, 3.05) is 4.90 Å². The molecule has 276 valence electrons. The Bertz CT molecular complexity index is 3310. The lowest BCUT2D eigenvalue weighted by molar-refractivity contribution is 0.511. The highest BCUT2D eigenvalue weighted by atomic mass is 32.1. The summed E-state index contributed by atoms with van der Waals surface area (Å²) in [6.45, 7) is 2.29. The molecule has 0 N–H and O–H groups in total. The van der Waals surface area contributed by atoms with Crippen LogP contribution < -0.4 is 9.64 Å². The maximum Gasteiger partial charge on any atom is 0.135 e. The van der Waals surface area contributed by atoms with Crippen molar-refractivity contribution in [3.05, 3.63) is 187 Å². The molecule has 0 spiro atoms. The molecule has 0 aliphatic carbocycles. The number of nitrogens with zero attached hydrogens (tertiary/aromatic N) is 1. The SMILES string of the molecule is CC1CC=C(c2ccccc2)Oc2ccc3oc4ccc(-c5ccc(N(c6ccc7c(c6)sc6ccccc67)c6ccc7c(c6)sc6ccccc67)cc5)cc4c3c21. The Morgan fingerprint density at radius 2 is 1.07 bits per heavy atom. The first kappa shape index (κ1) is 33.5. The Labute approximate surface area is 343 Å². The van der Waals surface area contributed by atoms with Crippen LogP contribution in [0.1, 0.15) is 30.4 Å². The molecule has 11 aromatic rings. The zero-order valence-corrected chi connectivity index (χ0v) is 33.2. The van der Waals surface area contributed by atoms with Crippen LogP contribution in [0.25, 0.3) is 79.2 Å². The average molecular weight is 782 g/mol. The topological polar surface area (TPSA) is 25.6 Å². The monoisotopic (exact) mass is 781 g/mol. The highest BCUT2D eigenvalue weighted by Gasteiger charge is 2.24. The van der Waals surface area contributed by atoms with Crippen LogP contribution in [0, 0.1) is 0 Å². The fourth-order valence-electron chi connectivity index (χ4n) is 8.93. The molecule has 5 heteroatoms. The number of thiophene rings is 2. The number of hydrogen-bond donors (Lipinski definition) is 0. The first-order chi connectivity index (χ1) is 28.6. The number of furan rings is 1. The molecule has 8 aromatic carbocycles. The van der Waals surface area contributed by atoms with E-state index < -0.39 is 0 Å². The number of anilines is 3. The lowest BCUT2D eigenvalue weighted by Gasteiger charge is -2.26. The van der Waals surface area contributed by atoms with Gasteiger partial charge < -0.3 is 14.1 Å². The largest absolute Gasteiger partial charge is 0.457 e. The van der Waals surface area contributed by atoms with Gasteiger partial charge in [-0.3, -0.25) is 0 Å². The Hall–Kier alpha value is -6.66. The van der Waals surface area contributed by atoms with Crippen LogP contribution >= 0.6 is 22.7 Å². The lowest BCUT2D eigenvalue weighted by Crippen LogP contribution is -2.09. The second kappa shape index (κ2) is 13.2. The summed E-state index contributed by atoms with van der Waals surface area (Å²) in [6.07, 6.45) is 3.11. The van der Waals surface area contributed by atoms with Gasteiger partial charge in [0.2, 0.25) is 0 Å². The normalized spacial score (nSPS) is 14.3. The third-order valence-corrected chi connectivity index (χ3v) is 14.0. The van der Waals surface area contributed by atoms with E-state index in [0.717, 1.165) is 73.6 Å². The van der Waals surface area contributed by atoms with Gasteiger partial charge in [-0.1, -0.05) is 104 Å². The molecule has 12 rings (SSSR count). The molecule has 0 fully saturated rings. The molecule has 58 heavy (non-hydrogen) atoms. The molecule has 1 aliphatic rings. The second-order valence-electron chi connectivity index (χ2n) is 15.3. The molecule has 3 nitrogen and oxygen atoms in total. The zero-order valence-electron chi connectivity index (χ0n) is 31.6. The van der Waals surface area contributed by atoms with E-state index in [1.54, 1.807) is 0 Å². The van der Waals surface area contributed by atoms with Crippen LogP contribution in [0.5, 0.6) is 5.75 Å². The molecule has 4 heterocycles. The summed E-state index contributed by atoms with van der Waals surface area (Å²) in [5.74, 6) is 2.06. The summed E-state index contributed by atoms with van der Waals surface area (Å²) in [5.41, 5.74) is 9.75. The fourth-order valence-corrected chi connectivity index (χ4v) is 11.2. The van der Waals surface area contributed by atoms with Crippen molar-refractivity contribution in [1.29, 1.82) is 0 Å². The third kappa shape index (κ3) is 5.38. The zero-order chi connectivity index (χ0) is 38.3. The molecule has 1 atom stereocenters. The van der Waals surface area contributed by atoms with E-state index in [1.807, 2.05) is 28.7 Å². The highest BCUT2D eigenvalue weighted by molar-refractivity contribution is 7.26. The van der Waals surface area contributed by atoms with Gasteiger partial charge in [-0.25, -0.2) is 0 Å². The van der Waals surface area contributed by atoms with Gasteiger partial charge in [-0.15, -0.1) is 22.7 Å². The molecule has 0 saturated carbocycles. The number of benzene rings is 8. The number of hydrogen-bond acceptors (Lipinski definition) is 5. The molecule has 1 aliphatic heterocycles. The third-order valence-electron chi connectivity index (χ3n) is 11.8. The minimum Gasteiger partial charge on any atom is -0.457 e. The van der Waals surface area contributed by atoms with Crippen LogP contribution in [0.3, 0.4) is 0 Å². The smallest absolute Gasteiger partial charge is 0.135 e. The van der Waals surface area contributed by atoms with Crippen molar-refractivity contribution in [1.82, 2.24) is 0 Å². The van der Waals surface area contributed by atoms with Gasteiger partial charge in [-0.2, -0.15) is 0 Å². The van der Waals surface area contributed by atoms with E-state index >= 15 is 0 Å².